The first-order valence-corrected chi connectivity index (χ1v) is 13.0. The van der Waals surface area contributed by atoms with Gasteiger partial charge in [0.05, 0.1) is 24.1 Å². The lowest BCUT2D eigenvalue weighted by Gasteiger charge is -2.20. The molecule has 0 bridgehead atoms. The Morgan fingerprint density at radius 3 is 2.39 bits per heavy atom. The second-order valence-electron chi connectivity index (χ2n) is 8.48. The highest BCUT2D eigenvalue weighted by molar-refractivity contribution is 7.89. The highest BCUT2D eigenvalue weighted by atomic mass is 32.2. The van der Waals surface area contributed by atoms with E-state index in [0.717, 1.165) is 37.0 Å². The summed E-state index contributed by atoms with van der Waals surface area (Å²) in [4.78, 5) is 13.0. The van der Waals surface area contributed by atoms with Crippen LogP contribution in [0.3, 0.4) is 0 Å². The van der Waals surface area contributed by atoms with Gasteiger partial charge in [0.2, 0.25) is 10.0 Å². The highest BCUT2D eigenvalue weighted by Gasteiger charge is 2.27. The van der Waals surface area contributed by atoms with Gasteiger partial charge in [0.25, 0.3) is 5.91 Å². The summed E-state index contributed by atoms with van der Waals surface area (Å²) in [6.45, 7) is 5.78. The average molecular weight is 475 g/mol. The molecule has 1 N–H and O–H groups in total. The summed E-state index contributed by atoms with van der Waals surface area (Å²) in [7, 11) is -2.21. The summed E-state index contributed by atoms with van der Waals surface area (Å²) in [5.41, 5.74) is 1.30. The molecule has 2 aromatic rings. The number of hydrogen-bond donors (Lipinski definition) is 1. The molecule has 7 nitrogen and oxygen atoms in total. The molecule has 1 aliphatic rings. The second-order valence-corrected chi connectivity index (χ2v) is 10.4. The van der Waals surface area contributed by atoms with Crippen molar-refractivity contribution in [1.82, 2.24) is 9.62 Å². The smallest absolute Gasteiger partial charge is 0.255 e. The van der Waals surface area contributed by atoms with Crippen molar-refractivity contribution in [3.63, 3.8) is 0 Å². The molecule has 0 unspecified atom stereocenters. The number of nitrogens with one attached hydrogen (secondary N) is 1. The molecule has 1 fully saturated rings. The van der Waals surface area contributed by atoms with Gasteiger partial charge in [-0.2, -0.15) is 4.31 Å². The molecule has 1 saturated heterocycles. The van der Waals surface area contributed by atoms with Crippen LogP contribution in [0.1, 0.15) is 61.4 Å². The molecular weight excluding hydrogens is 440 g/mol. The molecule has 33 heavy (non-hydrogen) atoms. The molecule has 1 heterocycles. The topological polar surface area (TPSA) is 84.9 Å². The van der Waals surface area contributed by atoms with Crippen molar-refractivity contribution >= 4 is 15.9 Å². The van der Waals surface area contributed by atoms with Gasteiger partial charge in [-0.3, -0.25) is 4.79 Å². The van der Waals surface area contributed by atoms with Crippen molar-refractivity contribution in [3.8, 4) is 11.5 Å². The van der Waals surface area contributed by atoms with Crippen LogP contribution >= 0.6 is 0 Å². The molecule has 0 atom stereocenters. The van der Waals surface area contributed by atoms with E-state index in [2.05, 4.69) is 19.2 Å². The summed E-state index contributed by atoms with van der Waals surface area (Å²) < 4.78 is 39.0. The lowest BCUT2D eigenvalue weighted by molar-refractivity contribution is 0.0943. The van der Waals surface area contributed by atoms with Gasteiger partial charge in [-0.05, 0) is 48.6 Å². The SMILES string of the molecule is COc1ccc(S(=O)(=O)N2CCCCCC2)cc1C(=O)NCCOc1ccccc1C(C)C. The normalized spacial score (nSPS) is 15.2. The van der Waals surface area contributed by atoms with E-state index in [1.165, 1.54) is 29.6 Å². The van der Waals surface area contributed by atoms with Crippen molar-refractivity contribution in [2.45, 2.75) is 50.3 Å². The first-order valence-electron chi connectivity index (χ1n) is 11.5. The Kier molecular flexibility index (Phi) is 8.74. The van der Waals surface area contributed by atoms with E-state index in [1.54, 1.807) is 0 Å². The molecule has 0 aromatic heterocycles. The zero-order chi connectivity index (χ0) is 23.8. The number of benzene rings is 2. The Balaban J connectivity index is 1.68. The van der Waals surface area contributed by atoms with Crippen molar-refractivity contribution in [2.24, 2.45) is 0 Å². The zero-order valence-electron chi connectivity index (χ0n) is 19.7. The third kappa shape index (κ3) is 6.26. The predicted octanol–water partition coefficient (Wildman–Crippen LogP) is 4.19. The Morgan fingerprint density at radius 1 is 1.03 bits per heavy atom. The number of nitrogens with zero attached hydrogens (tertiary/aromatic N) is 1. The third-order valence-corrected chi connectivity index (χ3v) is 7.70. The van der Waals surface area contributed by atoms with Crippen molar-refractivity contribution in [1.29, 1.82) is 0 Å². The van der Waals surface area contributed by atoms with Crippen molar-refractivity contribution in [3.05, 3.63) is 53.6 Å². The Labute approximate surface area is 197 Å². The van der Waals surface area contributed by atoms with Crippen LogP contribution in [0.25, 0.3) is 0 Å². The quantitative estimate of drug-likeness (QED) is 0.551. The number of methoxy groups -OCH3 is 1. The minimum Gasteiger partial charge on any atom is -0.496 e. The lowest BCUT2D eigenvalue weighted by Crippen LogP contribution is -2.32. The van der Waals surface area contributed by atoms with Crippen molar-refractivity contribution < 1.29 is 22.7 Å². The summed E-state index contributed by atoms with van der Waals surface area (Å²) in [6, 6.07) is 12.3. The van der Waals surface area contributed by atoms with E-state index in [-0.39, 0.29) is 17.0 Å². The largest absolute Gasteiger partial charge is 0.496 e. The minimum absolute atomic E-state index is 0.109. The summed E-state index contributed by atoms with van der Waals surface area (Å²) in [5, 5.41) is 2.81. The maximum absolute atomic E-state index is 13.2. The van der Waals surface area contributed by atoms with E-state index in [0.29, 0.717) is 31.4 Å². The van der Waals surface area contributed by atoms with Gasteiger partial charge >= 0.3 is 0 Å². The van der Waals surface area contributed by atoms with E-state index >= 15 is 0 Å². The monoisotopic (exact) mass is 474 g/mol. The Bertz CT molecular complexity index is 1040. The van der Waals surface area contributed by atoms with Crippen molar-refractivity contribution in [2.75, 3.05) is 33.4 Å². The lowest BCUT2D eigenvalue weighted by atomic mass is 10.0. The van der Waals surface area contributed by atoms with Crippen LogP contribution in [0.2, 0.25) is 0 Å². The molecule has 1 amide bonds. The molecular formula is C25H34N2O5S. The van der Waals surface area contributed by atoms with Gasteiger partial charge in [0.15, 0.2) is 0 Å². The van der Waals surface area contributed by atoms with Crippen LogP contribution in [0.4, 0.5) is 0 Å². The molecule has 2 aromatic carbocycles. The van der Waals surface area contributed by atoms with Crippen LogP contribution in [0, 0.1) is 0 Å². The molecule has 3 rings (SSSR count). The number of para-hydroxylation sites is 1. The third-order valence-electron chi connectivity index (χ3n) is 5.80. The van der Waals surface area contributed by atoms with E-state index < -0.39 is 15.9 Å². The molecule has 0 spiro atoms. The molecule has 180 valence electrons. The summed E-state index contributed by atoms with van der Waals surface area (Å²) in [5.74, 6) is 1.05. The summed E-state index contributed by atoms with van der Waals surface area (Å²) in [6.07, 6.45) is 3.77. The molecule has 1 aliphatic heterocycles. The minimum atomic E-state index is -3.67. The number of carbonyl (C=O) groups is 1. The molecule has 0 aliphatic carbocycles. The molecule has 0 radical (unpaired) electrons. The molecule has 0 saturated carbocycles. The number of amides is 1. The first kappa shape index (κ1) is 25.1. The Hall–Kier alpha value is -2.58. The fraction of sp³-hybridized carbons (Fsp3) is 0.480. The number of carbonyl (C=O) groups excluding carboxylic acids is 1. The summed E-state index contributed by atoms with van der Waals surface area (Å²) >= 11 is 0. The van der Waals surface area contributed by atoms with E-state index in [9.17, 15) is 13.2 Å². The van der Waals surface area contributed by atoms with E-state index in [4.69, 9.17) is 9.47 Å². The second kappa shape index (κ2) is 11.5. The van der Waals surface area contributed by atoms with Crippen LogP contribution < -0.4 is 14.8 Å². The molecule has 8 heteroatoms. The van der Waals surface area contributed by atoms with Gasteiger partial charge in [0, 0.05) is 13.1 Å². The van der Waals surface area contributed by atoms with Gasteiger partial charge in [-0.15, -0.1) is 0 Å². The first-order chi connectivity index (χ1) is 15.8. The Morgan fingerprint density at radius 2 is 1.73 bits per heavy atom. The fourth-order valence-corrected chi connectivity index (χ4v) is 5.51. The maximum Gasteiger partial charge on any atom is 0.255 e. The van der Waals surface area contributed by atoms with Crippen LogP contribution in [0.5, 0.6) is 11.5 Å². The standard InChI is InChI=1S/C25H34N2O5S/c1-19(2)21-10-6-7-11-24(21)32-17-14-26-25(28)22-18-20(12-13-23(22)31-3)33(29,30)27-15-8-4-5-9-16-27/h6-7,10-13,18-19H,4-5,8-9,14-17H2,1-3H3,(H,26,28). The van der Waals surface area contributed by atoms with Gasteiger partial charge in [-0.1, -0.05) is 44.9 Å². The number of sulfonamides is 1. The fourth-order valence-electron chi connectivity index (χ4n) is 3.97. The number of ether oxygens (including phenoxy) is 2. The highest BCUT2D eigenvalue weighted by Crippen LogP contribution is 2.27. The average Bonchev–Trinajstić information content (AvgIpc) is 3.11. The van der Waals surface area contributed by atoms with Crippen LogP contribution in [-0.4, -0.2) is 52.0 Å². The van der Waals surface area contributed by atoms with Crippen LogP contribution in [0.15, 0.2) is 47.4 Å². The van der Waals surface area contributed by atoms with Crippen LogP contribution in [-0.2, 0) is 10.0 Å². The number of rotatable bonds is 9. The maximum atomic E-state index is 13.2. The van der Waals surface area contributed by atoms with Gasteiger partial charge < -0.3 is 14.8 Å². The van der Waals surface area contributed by atoms with Gasteiger partial charge in [0.1, 0.15) is 18.1 Å². The van der Waals surface area contributed by atoms with Gasteiger partial charge in [-0.25, -0.2) is 8.42 Å². The zero-order valence-corrected chi connectivity index (χ0v) is 20.5. The predicted molar refractivity (Wildman–Crippen MR) is 129 cm³/mol. The number of hydrogen-bond acceptors (Lipinski definition) is 5. The van der Waals surface area contributed by atoms with E-state index in [1.807, 2.05) is 24.3 Å².